The van der Waals surface area contributed by atoms with Gasteiger partial charge in [0.2, 0.25) is 0 Å². The molecule has 0 atom stereocenters. The van der Waals surface area contributed by atoms with E-state index in [1.54, 1.807) is 12.3 Å². The minimum Gasteiger partial charge on any atom is -0.468 e. The predicted octanol–water partition coefficient (Wildman–Crippen LogP) is 4.06. The number of hydrogen-bond acceptors (Lipinski definition) is 8. The second-order valence-corrected chi connectivity index (χ2v) is 6.85. The highest BCUT2D eigenvalue weighted by Gasteiger charge is 2.22. The van der Waals surface area contributed by atoms with Gasteiger partial charge >= 0.3 is 5.97 Å². The summed E-state index contributed by atoms with van der Waals surface area (Å²) in [5.74, 6) is 0.673. The second-order valence-electron chi connectivity index (χ2n) is 4.78. The highest BCUT2D eigenvalue weighted by Crippen LogP contribution is 2.43. The molecule has 2 aromatic heterocycles. The number of fused-ring (bicyclic) bond motifs is 1. The molecule has 2 N–H and O–H groups in total. The number of nitro benzene ring substituents is 1. The summed E-state index contributed by atoms with van der Waals surface area (Å²) >= 11 is 2.45. The third-order valence-electron chi connectivity index (χ3n) is 3.31. The average molecular weight is 364 g/mol. The largest absolute Gasteiger partial charge is 0.468 e. The van der Waals surface area contributed by atoms with E-state index in [-0.39, 0.29) is 16.3 Å². The number of benzene rings is 1. The summed E-state index contributed by atoms with van der Waals surface area (Å²) < 4.78 is 10.6. The van der Waals surface area contributed by atoms with E-state index in [1.165, 1.54) is 31.0 Å². The number of esters is 1. The first-order chi connectivity index (χ1) is 11.5. The fraction of sp³-hybridized carbons (Fsp3) is 0.133. The summed E-state index contributed by atoms with van der Waals surface area (Å²) in [5, 5.41) is 11.8. The van der Waals surface area contributed by atoms with Gasteiger partial charge in [-0.15, -0.1) is 23.1 Å². The van der Waals surface area contributed by atoms with E-state index in [4.69, 9.17) is 14.9 Å². The molecule has 0 aliphatic carbocycles. The lowest BCUT2D eigenvalue weighted by molar-refractivity contribution is -0.384. The Morgan fingerprint density at radius 2 is 2.29 bits per heavy atom. The van der Waals surface area contributed by atoms with Crippen molar-refractivity contribution in [1.29, 1.82) is 0 Å². The van der Waals surface area contributed by atoms with Crippen molar-refractivity contribution in [1.82, 2.24) is 0 Å². The Bertz CT molecular complexity index is 918. The van der Waals surface area contributed by atoms with Crippen LogP contribution in [0.5, 0.6) is 0 Å². The van der Waals surface area contributed by atoms with E-state index < -0.39 is 10.9 Å². The molecule has 0 aliphatic rings. The number of carbonyl (C=O) groups is 1. The van der Waals surface area contributed by atoms with Gasteiger partial charge in [0.25, 0.3) is 5.69 Å². The second kappa shape index (κ2) is 6.54. The maximum absolute atomic E-state index is 11.8. The molecular weight excluding hydrogens is 352 g/mol. The van der Waals surface area contributed by atoms with Gasteiger partial charge in [0, 0.05) is 27.1 Å². The number of thiophene rings is 1. The molecule has 0 bridgehead atoms. The number of nitrogen functional groups attached to an aromatic ring is 1. The Hall–Kier alpha value is -2.52. The first-order valence-corrected chi connectivity index (χ1v) is 8.55. The average Bonchev–Trinajstić information content (AvgIpc) is 3.20. The van der Waals surface area contributed by atoms with Crippen LogP contribution in [0.15, 0.2) is 39.8 Å². The van der Waals surface area contributed by atoms with Gasteiger partial charge in [0.15, 0.2) is 0 Å². The molecule has 0 radical (unpaired) electrons. The molecule has 2 heterocycles. The van der Waals surface area contributed by atoms with Crippen molar-refractivity contribution in [3.63, 3.8) is 0 Å². The molecule has 24 heavy (non-hydrogen) atoms. The van der Waals surface area contributed by atoms with E-state index in [2.05, 4.69) is 0 Å². The zero-order valence-electron chi connectivity index (χ0n) is 12.5. The van der Waals surface area contributed by atoms with Crippen molar-refractivity contribution < 1.29 is 18.9 Å². The van der Waals surface area contributed by atoms with Crippen molar-refractivity contribution in [3.8, 4) is 0 Å². The van der Waals surface area contributed by atoms with Crippen LogP contribution in [0, 0.1) is 10.1 Å². The fourth-order valence-electron chi connectivity index (χ4n) is 2.21. The predicted molar refractivity (Wildman–Crippen MR) is 92.5 cm³/mol. The molecule has 0 saturated carbocycles. The molecule has 0 amide bonds. The smallest absolute Gasteiger partial charge is 0.350 e. The quantitative estimate of drug-likeness (QED) is 0.315. The Morgan fingerprint density at radius 3 is 2.92 bits per heavy atom. The molecule has 0 unspecified atom stereocenters. The van der Waals surface area contributed by atoms with Crippen LogP contribution in [0.1, 0.15) is 15.4 Å². The van der Waals surface area contributed by atoms with Crippen molar-refractivity contribution in [2.75, 3.05) is 12.8 Å². The third kappa shape index (κ3) is 2.95. The number of carbonyl (C=O) groups excluding carboxylic acids is 1. The van der Waals surface area contributed by atoms with Gasteiger partial charge in [0.1, 0.15) is 10.6 Å². The lowest BCUT2D eigenvalue weighted by Gasteiger charge is -2.04. The fourth-order valence-corrected chi connectivity index (χ4v) is 4.40. The van der Waals surface area contributed by atoms with Crippen molar-refractivity contribution in [2.45, 2.75) is 10.6 Å². The molecule has 0 aliphatic heterocycles. The summed E-state index contributed by atoms with van der Waals surface area (Å²) in [7, 11) is 1.27. The Kier molecular flexibility index (Phi) is 4.45. The molecule has 3 rings (SSSR count). The molecule has 9 heteroatoms. The van der Waals surface area contributed by atoms with E-state index in [0.29, 0.717) is 20.7 Å². The van der Waals surface area contributed by atoms with Gasteiger partial charge in [-0.1, -0.05) is 0 Å². The number of thioether (sulfide) groups is 1. The zero-order valence-corrected chi connectivity index (χ0v) is 14.1. The number of nitrogens with two attached hydrogens (primary N) is 1. The number of nitrogens with zero attached hydrogens (tertiary/aromatic N) is 1. The number of ether oxygens (including phenoxy) is 1. The molecule has 1 aromatic carbocycles. The van der Waals surface area contributed by atoms with Crippen LogP contribution in [0.25, 0.3) is 10.1 Å². The van der Waals surface area contributed by atoms with Gasteiger partial charge in [-0.05, 0) is 12.1 Å². The topological polar surface area (TPSA) is 109 Å². The van der Waals surface area contributed by atoms with Gasteiger partial charge in [-0.2, -0.15) is 0 Å². The van der Waals surface area contributed by atoms with Crippen LogP contribution in [-0.4, -0.2) is 18.0 Å². The number of methoxy groups -OCH3 is 1. The lowest BCUT2D eigenvalue weighted by Crippen LogP contribution is -2.01. The molecule has 3 aromatic rings. The highest BCUT2D eigenvalue weighted by atomic mass is 32.2. The van der Waals surface area contributed by atoms with Gasteiger partial charge < -0.3 is 14.9 Å². The van der Waals surface area contributed by atoms with Crippen LogP contribution in [0.2, 0.25) is 0 Å². The molecule has 0 fully saturated rings. The number of rotatable bonds is 5. The lowest BCUT2D eigenvalue weighted by atomic mass is 10.2. The summed E-state index contributed by atoms with van der Waals surface area (Å²) in [6, 6.07) is 6.46. The maximum Gasteiger partial charge on any atom is 0.350 e. The maximum atomic E-state index is 11.8. The summed E-state index contributed by atoms with van der Waals surface area (Å²) in [4.78, 5) is 23.4. The van der Waals surface area contributed by atoms with Crippen molar-refractivity contribution in [3.05, 3.63) is 51.3 Å². The molecule has 7 nitrogen and oxygen atoms in total. The number of non-ortho nitro benzene ring substituents is 1. The Labute approximate surface area is 144 Å². The van der Waals surface area contributed by atoms with Crippen LogP contribution in [0.3, 0.4) is 0 Å². The minimum atomic E-state index is -0.557. The Balaban J connectivity index is 2.11. The van der Waals surface area contributed by atoms with Crippen LogP contribution >= 0.6 is 23.1 Å². The number of anilines is 1. The molecule has 0 saturated heterocycles. The minimum absolute atomic E-state index is 0.0536. The summed E-state index contributed by atoms with van der Waals surface area (Å²) in [5.41, 5.74) is 6.32. The number of nitro groups is 1. The van der Waals surface area contributed by atoms with E-state index >= 15 is 0 Å². The number of hydrogen-bond donors (Lipinski definition) is 1. The van der Waals surface area contributed by atoms with E-state index in [9.17, 15) is 14.9 Å². The molecule has 0 spiro atoms. The monoisotopic (exact) mass is 364 g/mol. The van der Waals surface area contributed by atoms with Gasteiger partial charge in [-0.3, -0.25) is 10.1 Å². The van der Waals surface area contributed by atoms with Crippen LogP contribution < -0.4 is 5.73 Å². The highest BCUT2D eigenvalue weighted by molar-refractivity contribution is 7.98. The zero-order chi connectivity index (χ0) is 17.3. The normalized spacial score (nSPS) is 10.9. The third-order valence-corrected chi connectivity index (χ3v) is 5.50. The molecule has 124 valence electrons. The van der Waals surface area contributed by atoms with Gasteiger partial charge in [-0.25, -0.2) is 4.79 Å². The standard InChI is InChI=1S/C15H12N2O5S2/c1-21-15(18)14-13(16)12-10(23-7-9-3-2-4-22-9)5-8(17(19)20)6-11(12)24-14/h2-6H,7,16H2,1H3. The number of furan rings is 1. The van der Waals surface area contributed by atoms with E-state index in [1.807, 2.05) is 6.07 Å². The Morgan fingerprint density at radius 1 is 1.50 bits per heavy atom. The van der Waals surface area contributed by atoms with Crippen LogP contribution in [-0.2, 0) is 10.5 Å². The first kappa shape index (κ1) is 16.3. The molecular formula is C15H12N2O5S2. The SMILES string of the molecule is COC(=O)c1sc2cc([N+](=O)[O-])cc(SCc3ccco3)c2c1N. The van der Waals surface area contributed by atoms with Gasteiger partial charge in [0.05, 0.1) is 29.7 Å². The van der Waals surface area contributed by atoms with Crippen LogP contribution in [0.4, 0.5) is 11.4 Å². The summed E-state index contributed by atoms with van der Waals surface area (Å²) in [6.07, 6.45) is 1.56. The van der Waals surface area contributed by atoms with Crippen molar-refractivity contribution in [2.24, 2.45) is 0 Å². The first-order valence-electron chi connectivity index (χ1n) is 6.75. The summed E-state index contributed by atoms with van der Waals surface area (Å²) in [6.45, 7) is 0. The van der Waals surface area contributed by atoms with Crippen molar-refractivity contribution >= 4 is 50.5 Å². The van der Waals surface area contributed by atoms with E-state index in [0.717, 1.165) is 17.1 Å².